The van der Waals surface area contributed by atoms with Crippen LogP contribution in [0.25, 0.3) is 0 Å². The van der Waals surface area contributed by atoms with Crippen LogP contribution in [0.1, 0.15) is 20.3 Å². The fraction of sp³-hybridized carbons (Fsp3) is 0.545. The van der Waals surface area contributed by atoms with Crippen molar-refractivity contribution in [3.8, 4) is 0 Å². The van der Waals surface area contributed by atoms with Crippen molar-refractivity contribution in [2.45, 2.75) is 20.3 Å². The Morgan fingerprint density at radius 3 is 2.00 bits per heavy atom. The molecule has 7 nitrogen and oxygen atoms in total. The molecule has 0 fully saturated rings. The first-order valence-corrected chi connectivity index (χ1v) is 5.50. The first-order valence-electron chi connectivity index (χ1n) is 5.50. The number of nitrogens with one attached hydrogen (secondary N) is 1. The minimum Gasteiger partial charge on any atom is -0.550 e. The number of esters is 2. The molecule has 0 spiro atoms. The van der Waals surface area contributed by atoms with Crippen molar-refractivity contribution >= 4 is 17.9 Å². The van der Waals surface area contributed by atoms with E-state index in [2.05, 4.69) is 14.8 Å². The molecule has 0 aromatic heterocycles. The van der Waals surface area contributed by atoms with Gasteiger partial charge >= 0.3 is 11.9 Å². The van der Waals surface area contributed by atoms with Crippen LogP contribution in [0, 0.1) is 0 Å². The average Bonchev–Trinajstić information content (AvgIpc) is 2.28. The Bertz CT molecular complexity index is 316. The van der Waals surface area contributed by atoms with E-state index >= 15 is 0 Å². The number of rotatable bonds is 8. The number of hydrogen-bond acceptors (Lipinski definition) is 7. The number of carboxylic acid groups (broad SMARTS) is 1. The highest BCUT2D eigenvalue weighted by Crippen LogP contribution is 2.01. The van der Waals surface area contributed by atoms with Gasteiger partial charge in [0.1, 0.15) is 0 Å². The van der Waals surface area contributed by atoms with E-state index < -0.39 is 17.9 Å². The van der Waals surface area contributed by atoms with Crippen LogP contribution in [0.15, 0.2) is 11.8 Å². The molecule has 0 saturated carbocycles. The molecule has 0 bridgehead atoms. The van der Waals surface area contributed by atoms with Gasteiger partial charge in [0.2, 0.25) is 0 Å². The molecular formula is C11H16NO6-. The Hall–Kier alpha value is -2.05. The van der Waals surface area contributed by atoms with E-state index in [1.165, 1.54) is 0 Å². The lowest BCUT2D eigenvalue weighted by molar-refractivity contribution is -0.305. The normalized spacial score (nSPS) is 9.22. The zero-order chi connectivity index (χ0) is 14.0. The summed E-state index contributed by atoms with van der Waals surface area (Å²) in [5, 5.41) is 12.7. The molecular weight excluding hydrogens is 242 g/mol. The quantitative estimate of drug-likeness (QED) is 0.190. The SMILES string of the molecule is CCOC(=O)C(=CNCCC(=O)[O-])C(=O)OCC. The third kappa shape index (κ3) is 6.51. The fourth-order valence-corrected chi connectivity index (χ4v) is 0.967. The van der Waals surface area contributed by atoms with Crippen molar-refractivity contribution in [3.63, 3.8) is 0 Å². The van der Waals surface area contributed by atoms with Gasteiger partial charge in [-0.1, -0.05) is 0 Å². The molecule has 0 aromatic rings. The highest BCUT2D eigenvalue weighted by Gasteiger charge is 2.20. The second kappa shape index (κ2) is 9.03. The lowest BCUT2D eigenvalue weighted by Crippen LogP contribution is -2.27. The maximum atomic E-state index is 11.4. The van der Waals surface area contributed by atoms with Crippen molar-refractivity contribution in [3.05, 3.63) is 11.8 Å². The number of hydrogen-bond donors (Lipinski definition) is 1. The van der Waals surface area contributed by atoms with Gasteiger partial charge in [0.15, 0.2) is 5.57 Å². The number of carbonyl (C=O) groups is 3. The summed E-state index contributed by atoms with van der Waals surface area (Å²) >= 11 is 0. The molecule has 0 aromatic carbocycles. The van der Waals surface area contributed by atoms with Gasteiger partial charge in [-0.15, -0.1) is 0 Å². The number of carboxylic acids is 1. The lowest BCUT2D eigenvalue weighted by atomic mass is 10.3. The van der Waals surface area contributed by atoms with Crippen LogP contribution in [0.4, 0.5) is 0 Å². The maximum Gasteiger partial charge on any atom is 0.347 e. The first kappa shape index (κ1) is 16.0. The van der Waals surface area contributed by atoms with Crippen LogP contribution < -0.4 is 10.4 Å². The van der Waals surface area contributed by atoms with Crippen LogP contribution in [-0.2, 0) is 23.9 Å². The fourth-order valence-electron chi connectivity index (χ4n) is 0.967. The zero-order valence-electron chi connectivity index (χ0n) is 10.4. The summed E-state index contributed by atoms with van der Waals surface area (Å²) in [6.45, 7) is 3.47. The summed E-state index contributed by atoms with van der Waals surface area (Å²) in [6.07, 6.45) is 0.842. The molecule has 1 N–H and O–H groups in total. The predicted molar refractivity (Wildman–Crippen MR) is 59.0 cm³/mol. The van der Waals surface area contributed by atoms with Gasteiger partial charge in [-0.05, 0) is 13.8 Å². The van der Waals surface area contributed by atoms with Crippen molar-refractivity contribution in [2.24, 2.45) is 0 Å². The average molecular weight is 258 g/mol. The first-order chi connectivity index (χ1) is 8.52. The van der Waals surface area contributed by atoms with Crippen LogP contribution in [-0.4, -0.2) is 37.7 Å². The molecule has 0 atom stereocenters. The molecule has 0 heterocycles. The highest BCUT2D eigenvalue weighted by atomic mass is 16.6. The molecule has 0 amide bonds. The molecule has 0 aliphatic heterocycles. The molecule has 18 heavy (non-hydrogen) atoms. The lowest BCUT2D eigenvalue weighted by Gasteiger charge is -2.07. The van der Waals surface area contributed by atoms with Crippen LogP contribution in [0.2, 0.25) is 0 Å². The topological polar surface area (TPSA) is 105 Å². The zero-order valence-corrected chi connectivity index (χ0v) is 10.4. The Kier molecular flexibility index (Phi) is 8.00. The molecule has 7 heteroatoms. The van der Waals surface area contributed by atoms with Gasteiger partial charge in [0, 0.05) is 25.1 Å². The second-order valence-corrected chi connectivity index (χ2v) is 3.08. The largest absolute Gasteiger partial charge is 0.550 e. The van der Waals surface area contributed by atoms with Crippen LogP contribution in [0.3, 0.4) is 0 Å². The third-order valence-corrected chi connectivity index (χ3v) is 1.71. The van der Waals surface area contributed by atoms with Crippen molar-refractivity contribution in [1.82, 2.24) is 5.32 Å². The van der Waals surface area contributed by atoms with E-state index in [1.807, 2.05) is 0 Å². The summed E-state index contributed by atoms with van der Waals surface area (Å²) in [5.74, 6) is -2.88. The van der Waals surface area contributed by atoms with E-state index in [-0.39, 0.29) is 31.8 Å². The van der Waals surface area contributed by atoms with Crippen molar-refractivity contribution in [2.75, 3.05) is 19.8 Å². The maximum absolute atomic E-state index is 11.4. The number of ether oxygens (including phenoxy) is 2. The van der Waals surface area contributed by atoms with Crippen LogP contribution in [0.5, 0.6) is 0 Å². The Balaban J connectivity index is 4.54. The van der Waals surface area contributed by atoms with Crippen molar-refractivity contribution in [1.29, 1.82) is 0 Å². The number of aliphatic carboxylic acids is 1. The summed E-state index contributed by atoms with van der Waals surface area (Å²) in [4.78, 5) is 33.0. The summed E-state index contributed by atoms with van der Waals surface area (Å²) < 4.78 is 9.35. The van der Waals surface area contributed by atoms with E-state index in [0.717, 1.165) is 6.20 Å². The van der Waals surface area contributed by atoms with Gasteiger partial charge in [-0.25, -0.2) is 9.59 Å². The van der Waals surface area contributed by atoms with Gasteiger partial charge in [0.25, 0.3) is 0 Å². The van der Waals surface area contributed by atoms with E-state index in [1.54, 1.807) is 13.8 Å². The van der Waals surface area contributed by atoms with E-state index in [9.17, 15) is 19.5 Å². The molecule has 0 aliphatic carbocycles. The summed E-state index contributed by atoms with van der Waals surface area (Å²) in [6, 6.07) is 0. The number of carbonyl (C=O) groups excluding carboxylic acids is 3. The summed E-state index contributed by atoms with van der Waals surface area (Å²) in [7, 11) is 0. The predicted octanol–water partition coefficient (Wildman–Crippen LogP) is -1.27. The molecule has 0 radical (unpaired) electrons. The monoisotopic (exact) mass is 258 g/mol. The minimum atomic E-state index is -1.23. The molecule has 102 valence electrons. The summed E-state index contributed by atoms with van der Waals surface area (Å²) in [5.41, 5.74) is -0.308. The highest BCUT2D eigenvalue weighted by molar-refractivity contribution is 6.13. The van der Waals surface area contributed by atoms with E-state index in [0.29, 0.717) is 0 Å². The van der Waals surface area contributed by atoms with Gasteiger partial charge in [0.05, 0.1) is 13.2 Å². The van der Waals surface area contributed by atoms with E-state index in [4.69, 9.17) is 0 Å². The third-order valence-electron chi connectivity index (χ3n) is 1.71. The van der Waals surface area contributed by atoms with Gasteiger partial charge in [-0.3, -0.25) is 0 Å². The van der Waals surface area contributed by atoms with Gasteiger partial charge in [-0.2, -0.15) is 0 Å². The van der Waals surface area contributed by atoms with Crippen LogP contribution >= 0.6 is 0 Å². The Morgan fingerprint density at radius 1 is 1.11 bits per heavy atom. The molecule has 0 aliphatic rings. The smallest absolute Gasteiger partial charge is 0.347 e. The Morgan fingerprint density at radius 2 is 1.61 bits per heavy atom. The molecule has 0 saturated heterocycles. The molecule has 0 rings (SSSR count). The minimum absolute atomic E-state index is 0.0324. The van der Waals surface area contributed by atoms with Crippen molar-refractivity contribution < 1.29 is 29.0 Å². The Labute approximate surface area is 105 Å². The van der Waals surface area contributed by atoms with Gasteiger partial charge < -0.3 is 24.7 Å². The standard InChI is InChI=1S/C11H17NO6/c1-3-17-10(15)8(11(16)18-4-2)7-12-6-5-9(13)14/h7,12H,3-6H2,1-2H3,(H,13,14)/p-1. The molecule has 0 unspecified atom stereocenters. The second-order valence-electron chi connectivity index (χ2n) is 3.08.